The number of hydrogen-bond donors (Lipinski definition) is 0. The van der Waals surface area contributed by atoms with Gasteiger partial charge in [0, 0.05) is 25.1 Å². The number of aryl methyl sites for hydroxylation is 1. The van der Waals surface area contributed by atoms with Crippen molar-refractivity contribution in [2.24, 2.45) is 11.8 Å². The van der Waals surface area contributed by atoms with E-state index in [0.29, 0.717) is 12.1 Å². The van der Waals surface area contributed by atoms with E-state index in [1.807, 2.05) is 72.8 Å². The minimum absolute atomic E-state index is 0. The van der Waals surface area contributed by atoms with Gasteiger partial charge in [0.1, 0.15) is 0 Å². The van der Waals surface area contributed by atoms with Gasteiger partial charge in [0.25, 0.3) is 0 Å². The van der Waals surface area contributed by atoms with Crippen LogP contribution >= 0.6 is 7.37 Å². The number of carbonyl (C=O) groups is 2. The van der Waals surface area contributed by atoms with Crippen LogP contribution in [0.5, 0.6) is 0 Å². The predicted octanol–water partition coefficient (Wildman–Crippen LogP) is -1.23. The van der Waals surface area contributed by atoms with E-state index in [9.17, 15) is 24.2 Å². The SMILES string of the molecule is CC(C)C(CP(=O)([O-])CCCCc1ccccc1)C(=O)N(c1ccc(-c2ccccc2)cc1)[C@@H](C)C(=O)[O-].[Na+].[Na+]. The minimum Gasteiger partial charge on any atom is -0.799 e. The molecule has 3 rings (SSSR count). The third-order valence-electron chi connectivity index (χ3n) is 6.87. The number of benzene rings is 3. The summed E-state index contributed by atoms with van der Waals surface area (Å²) in [5, 5.41) is 11.9. The van der Waals surface area contributed by atoms with E-state index in [0.717, 1.165) is 29.5 Å². The summed E-state index contributed by atoms with van der Waals surface area (Å²) in [4.78, 5) is 39.8. The van der Waals surface area contributed by atoms with E-state index in [-0.39, 0.29) is 77.4 Å². The first kappa shape index (κ1) is 36.8. The van der Waals surface area contributed by atoms with Crippen LogP contribution in [0.2, 0.25) is 0 Å². The number of anilines is 1. The Morgan fingerprint density at radius 3 is 1.85 bits per heavy atom. The van der Waals surface area contributed by atoms with Gasteiger partial charge in [0.15, 0.2) is 0 Å². The summed E-state index contributed by atoms with van der Waals surface area (Å²) in [6, 6.07) is 25.4. The molecular weight excluding hydrogens is 543 g/mol. The Kier molecular flexibility index (Phi) is 16.3. The molecule has 0 radical (unpaired) electrons. The Balaban J connectivity index is 0.00000400. The molecule has 0 aromatic heterocycles. The molecule has 0 fully saturated rings. The first-order chi connectivity index (χ1) is 18.1. The van der Waals surface area contributed by atoms with Crippen molar-refractivity contribution in [1.29, 1.82) is 0 Å². The molecule has 3 aromatic carbocycles. The first-order valence-corrected chi connectivity index (χ1v) is 15.1. The quantitative estimate of drug-likeness (QED) is 0.143. The summed E-state index contributed by atoms with van der Waals surface area (Å²) in [5.41, 5.74) is 3.46. The molecule has 0 aliphatic heterocycles. The molecule has 1 amide bonds. The molecule has 3 atom stereocenters. The fourth-order valence-electron chi connectivity index (χ4n) is 4.56. The number of carboxylic acids is 1. The van der Waals surface area contributed by atoms with E-state index in [1.165, 1.54) is 11.8 Å². The topological polar surface area (TPSA) is 101 Å². The number of carbonyl (C=O) groups excluding carboxylic acids is 2. The van der Waals surface area contributed by atoms with Crippen molar-refractivity contribution < 1.29 is 83.3 Å². The zero-order valence-corrected chi connectivity index (χ0v) is 29.2. The third kappa shape index (κ3) is 10.9. The number of nitrogens with zero attached hydrogens (tertiary/aromatic N) is 1. The average molecular weight is 580 g/mol. The summed E-state index contributed by atoms with van der Waals surface area (Å²) in [6.07, 6.45) is 1.75. The third-order valence-corrected chi connectivity index (χ3v) is 8.82. The van der Waals surface area contributed by atoms with Crippen LogP contribution in [0, 0.1) is 11.8 Å². The Hall–Kier alpha value is -1.21. The fraction of sp³-hybridized carbons (Fsp3) is 0.355. The number of hydrogen-bond acceptors (Lipinski definition) is 5. The number of aliphatic carboxylic acids is 1. The maximum atomic E-state index is 13.8. The Morgan fingerprint density at radius 1 is 0.800 bits per heavy atom. The van der Waals surface area contributed by atoms with Gasteiger partial charge >= 0.3 is 59.1 Å². The number of amides is 1. The van der Waals surface area contributed by atoms with Crippen LogP contribution in [0.1, 0.15) is 39.2 Å². The van der Waals surface area contributed by atoms with Gasteiger partial charge in [-0.15, -0.1) is 0 Å². The molecular formula is C31H36NNa2O5P. The molecule has 2 unspecified atom stereocenters. The number of rotatable bonds is 13. The van der Waals surface area contributed by atoms with Crippen LogP contribution in [0.25, 0.3) is 11.1 Å². The number of unbranched alkanes of at least 4 members (excludes halogenated alkanes) is 1. The van der Waals surface area contributed by atoms with E-state index in [2.05, 4.69) is 0 Å². The minimum atomic E-state index is -3.87. The smallest absolute Gasteiger partial charge is 0.799 e. The maximum Gasteiger partial charge on any atom is 1.00 e. The van der Waals surface area contributed by atoms with Gasteiger partial charge in [-0.2, -0.15) is 0 Å². The summed E-state index contributed by atoms with van der Waals surface area (Å²) < 4.78 is 13.1. The Bertz CT molecular complexity index is 1240. The normalized spacial score (nSPS) is 13.7. The van der Waals surface area contributed by atoms with Crippen molar-refractivity contribution in [3.8, 4) is 11.1 Å². The van der Waals surface area contributed by atoms with Crippen molar-refractivity contribution >= 4 is 24.9 Å². The molecule has 0 aliphatic carbocycles. The second kappa shape index (κ2) is 17.7. The monoisotopic (exact) mass is 579 g/mol. The molecule has 0 bridgehead atoms. The summed E-state index contributed by atoms with van der Waals surface area (Å²) in [5.74, 6) is -3.10. The standard InChI is InChI=1S/C31H38NO5P.2Na/c1-23(2)29(22-38(36,37)21-11-10-14-25-12-6-4-7-13-25)30(33)32(24(3)31(34)35)28-19-17-27(18-20-28)26-15-8-5-9-16-26;;/h4-9,12-13,15-20,23-24,29H,10-11,14,21-22H2,1-3H3,(H,34,35)(H,36,37);;/q;2*+1/p-2/t24-,29?;;/m0../s1. The zero-order chi connectivity index (χ0) is 27.7. The molecule has 0 saturated carbocycles. The van der Waals surface area contributed by atoms with Crippen LogP contribution in [0.15, 0.2) is 84.9 Å². The van der Waals surface area contributed by atoms with Gasteiger partial charge in [0.2, 0.25) is 5.91 Å². The van der Waals surface area contributed by atoms with E-state index in [1.54, 1.807) is 26.0 Å². The van der Waals surface area contributed by atoms with Gasteiger partial charge in [-0.25, -0.2) is 0 Å². The molecule has 6 nitrogen and oxygen atoms in total. The van der Waals surface area contributed by atoms with Crippen molar-refractivity contribution in [1.82, 2.24) is 0 Å². The Morgan fingerprint density at radius 2 is 1.32 bits per heavy atom. The molecule has 0 N–H and O–H groups in total. The van der Waals surface area contributed by atoms with E-state index >= 15 is 0 Å². The summed E-state index contributed by atoms with van der Waals surface area (Å²) >= 11 is 0. The van der Waals surface area contributed by atoms with Gasteiger partial charge in [-0.3, -0.25) is 4.79 Å². The molecule has 0 aliphatic rings. The van der Waals surface area contributed by atoms with Gasteiger partial charge in [-0.05, 0) is 67.1 Å². The number of carboxylic acid groups (broad SMARTS) is 1. The molecule has 0 heterocycles. The fourth-order valence-corrected chi connectivity index (χ4v) is 6.63. The molecule has 40 heavy (non-hydrogen) atoms. The van der Waals surface area contributed by atoms with Gasteiger partial charge < -0.3 is 24.3 Å². The Labute approximate surface area is 282 Å². The summed E-state index contributed by atoms with van der Waals surface area (Å²) in [6.45, 7) is 4.97. The van der Waals surface area contributed by atoms with Crippen LogP contribution in [-0.4, -0.2) is 30.2 Å². The van der Waals surface area contributed by atoms with Crippen LogP contribution in [0.4, 0.5) is 5.69 Å². The van der Waals surface area contributed by atoms with Gasteiger partial charge in [-0.1, -0.05) is 86.6 Å². The first-order valence-electron chi connectivity index (χ1n) is 13.1. The van der Waals surface area contributed by atoms with E-state index in [4.69, 9.17) is 0 Å². The molecule has 202 valence electrons. The van der Waals surface area contributed by atoms with Crippen molar-refractivity contribution in [2.45, 2.75) is 46.1 Å². The maximum absolute atomic E-state index is 13.8. The van der Waals surface area contributed by atoms with Crippen molar-refractivity contribution in [3.63, 3.8) is 0 Å². The van der Waals surface area contributed by atoms with Crippen molar-refractivity contribution in [2.75, 3.05) is 17.2 Å². The van der Waals surface area contributed by atoms with Crippen LogP contribution < -0.4 is 74.0 Å². The molecule has 9 heteroatoms. The largest absolute Gasteiger partial charge is 1.00 e. The second-order valence-corrected chi connectivity index (χ2v) is 12.6. The van der Waals surface area contributed by atoms with Crippen LogP contribution in [-0.2, 0) is 20.6 Å². The summed E-state index contributed by atoms with van der Waals surface area (Å²) in [7, 11) is -3.87. The molecule has 0 saturated heterocycles. The molecule has 0 spiro atoms. The predicted molar refractivity (Wildman–Crippen MR) is 149 cm³/mol. The van der Waals surface area contributed by atoms with Crippen molar-refractivity contribution in [3.05, 3.63) is 90.5 Å². The zero-order valence-electron chi connectivity index (χ0n) is 24.3. The second-order valence-electron chi connectivity index (χ2n) is 10.1. The average Bonchev–Trinajstić information content (AvgIpc) is 2.91. The molecule has 3 aromatic rings. The van der Waals surface area contributed by atoms with E-state index < -0.39 is 31.2 Å². The van der Waals surface area contributed by atoms with Gasteiger partial charge in [0.05, 0.1) is 12.0 Å². The van der Waals surface area contributed by atoms with Crippen LogP contribution in [0.3, 0.4) is 0 Å².